The van der Waals surface area contributed by atoms with Gasteiger partial charge in [-0.05, 0) is 42.5 Å². The number of halogens is 2. The Kier molecular flexibility index (Phi) is 5.58. The zero-order valence-corrected chi connectivity index (χ0v) is 17.4. The number of benzene rings is 2. The number of nitrogens with zero attached hydrogens (tertiary/aromatic N) is 1. The number of morpholine rings is 1. The molecule has 0 saturated carbocycles. The lowest BCUT2D eigenvalue weighted by Crippen LogP contribution is -2.40. The number of hydrogen-bond donors (Lipinski definition) is 1. The molecular weight excluding hydrogens is 439 g/mol. The minimum Gasteiger partial charge on any atom is -0.379 e. The predicted octanol–water partition coefficient (Wildman–Crippen LogP) is 3.97. The number of hydrogen-bond acceptors (Lipinski definition) is 5. The van der Waals surface area contributed by atoms with Crippen molar-refractivity contribution in [3.63, 3.8) is 0 Å². The van der Waals surface area contributed by atoms with Crippen LogP contribution in [0.2, 0.25) is 5.02 Å². The quantitative estimate of drug-likeness (QED) is 0.647. The van der Waals surface area contributed by atoms with E-state index in [-0.39, 0.29) is 14.8 Å². The van der Waals surface area contributed by atoms with Gasteiger partial charge in [-0.25, -0.2) is 12.8 Å². The third-order valence-electron chi connectivity index (χ3n) is 4.52. The van der Waals surface area contributed by atoms with E-state index in [1.807, 2.05) is 0 Å². The molecule has 0 spiro atoms. The van der Waals surface area contributed by atoms with Crippen LogP contribution in [0.1, 0.15) is 9.67 Å². The Morgan fingerprint density at radius 2 is 1.83 bits per heavy atom. The molecule has 1 fully saturated rings. The zero-order valence-electron chi connectivity index (χ0n) is 15.0. The predicted molar refractivity (Wildman–Crippen MR) is 111 cm³/mol. The van der Waals surface area contributed by atoms with Gasteiger partial charge in [-0.1, -0.05) is 11.6 Å². The average Bonchev–Trinajstić information content (AvgIpc) is 3.05. The largest absolute Gasteiger partial charge is 0.379 e. The number of nitrogens with one attached hydrogen (secondary N) is 1. The summed E-state index contributed by atoms with van der Waals surface area (Å²) in [4.78, 5) is 13.0. The van der Waals surface area contributed by atoms with Crippen LogP contribution in [0.5, 0.6) is 0 Å². The van der Waals surface area contributed by atoms with E-state index in [9.17, 15) is 17.6 Å². The Hall–Kier alpha value is -2.04. The van der Waals surface area contributed by atoms with E-state index in [4.69, 9.17) is 16.3 Å². The third kappa shape index (κ3) is 4.01. The molecule has 0 aliphatic carbocycles. The van der Waals surface area contributed by atoms with E-state index in [2.05, 4.69) is 5.32 Å². The number of thiophene rings is 1. The van der Waals surface area contributed by atoms with Crippen molar-refractivity contribution in [2.45, 2.75) is 4.90 Å². The van der Waals surface area contributed by atoms with Crippen LogP contribution >= 0.6 is 22.9 Å². The Morgan fingerprint density at radius 3 is 2.52 bits per heavy atom. The van der Waals surface area contributed by atoms with Gasteiger partial charge in [-0.15, -0.1) is 11.3 Å². The van der Waals surface area contributed by atoms with Gasteiger partial charge in [0.1, 0.15) is 10.7 Å². The first kappa shape index (κ1) is 20.2. The summed E-state index contributed by atoms with van der Waals surface area (Å²) in [6, 6.07) is 10.1. The molecule has 1 aromatic heterocycles. The summed E-state index contributed by atoms with van der Waals surface area (Å²) in [7, 11) is -3.60. The molecule has 0 bridgehead atoms. The van der Waals surface area contributed by atoms with Crippen molar-refractivity contribution in [2.75, 3.05) is 31.6 Å². The minimum absolute atomic E-state index is 0.146. The summed E-state index contributed by atoms with van der Waals surface area (Å²) in [5.41, 5.74) is 0.427. The van der Waals surface area contributed by atoms with Crippen LogP contribution in [0.3, 0.4) is 0 Å². The number of sulfonamides is 1. The first-order valence-electron chi connectivity index (χ1n) is 8.73. The number of carbonyl (C=O) groups excluding carboxylic acids is 1. The SMILES string of the molecule is O=C(Nc1ccc(S(=O)(=O)N2CCOCC2)cc1)c1sc2cc(F)ccc2c1Cl. The zero-order chi connectivity index (χ0) is 20.6. The van der Waals surface area contributed by atoms with E-state index in [1.165, 1.54) is 46.8 Å². The molecule has 29 heavy (non-hydrogen) atoms. The van der Waals surface area contributed by atoms with Crippen LogP contribution in [0.25, 0.3) is 10.1 Å². The molecule has 1 amide bonds. The normalized spacial score (nSPS) is 15.5. The van der Waals surface area contributed by atoms with Crippen molar-refractivity contribution in [1.29, 1.82) is 0 Å². The maximum Gasteiger partial charge on any atom is 0.267 e. The summed E-state index contributed by atoms with van der Waals surface area (Å²) in [5, 5.41) is 3.56. The molecule has 2 aromatic carbocycles. The smallest absolute Gasteiger partial charge is 0.267 e. The van der Waals surface area contributed by atoms with Crippen LogP contribution in [0.15, 0.2) is 47.4 Å². The molecule has 6 nitrogen and oxygen atoms in total. The minimum atomic E-state index is -3.60. The maximum atomic E-state index is 13.4. The van der Waals surface area contributed by atoms with E-state index in [0.717, 1.165) is 11.3 Å². The molecule has 1 aliphatic rings. The molecule has 10 heteroatoms. The van der Waals surface area contributed by atoms with Gasteiger partial charge in [0.15, 0.2) is 0 Å². The fourth-order valence-corrected chi connectivity index (χ4v) is 5.86. The van der Waals surface area contributed by atoms with Crippen LogP contribution in [0.4, 0.5) is 10.1 Å². The molecule has 3 aromatic rings. The van der Waals surface area contributed by atoms with E-state index < -0.39 is 21.7 Å². The number of amides is 1. The van der Waals surface area contributed by atoms with Crippen molar-refractivity contribution in [1.82, 2.24) is 4.31 Å². The molecule has 1 saturated heterocycles. The summed E-state index contributed by atoms with van der Waals surface area (Å²) < 4.78 is 45.8. The highest BCUT2D eigenvalue weighted by Gasteiger charge is 2.26. The van der Waals surface area contributed by atoms with Crippen LogP contribution in [-0.2, 0) is 14.8 Å². The number of fused-ring (bicyclic) bond motifs is 1. The Bertz CT molecular complexity index is 1170. The third-order valence-corrected chi connectivity index (χ3v) is 8.09. The van der Waals surface area contributed by atoms with Gasteiger partial charge in [-0.2, -0.15) is 4.31 Å². The van der Waals surface area contributed by atoms with Crippen molar-refractivity contribution >= 4 is 54.6 Å². The van der Waals surface area contributed by atoms with Crippen molar-refractivity contribution in [2.24, 2.45) is 0 Å². The van der Waals surface area contributed by atoms with Gasteiger partial charge in [0.25, 0.3) is 5.91 Å². The van der Waals surface area contributed by atoms with Gasteiger partial charge in [-0.3, -0.25) is 4.79 Å². The van der Waals surface area contributed by atoms with Gasteiger partial charge < -0.3 is 10.1 Å². The van der Waals surface area contributed by atoms with Gasteiger partial charge in [0.2, 0.25) is 10.0 Å². The second-order valence-corrected chi connectivity index (χ2v) is 9.75. The molecule has 152 valence electrons. The summed E-state index contributed by atoms with van der Waals surface area (Å²) >= 11 is 7.37. The number of ether oxygens (including phenoxy) is 1. The molecular formula is C19H16ClFN2O4S2. The lowest BCUT2D eigenvalue weighted by atomic mass is 10.2. The van der Waals surface area contributed by atoms with Crippen LogP contribution in [0, 0.1) is 5.82 Å². The fraction of sp³-hybridized carbons (Fsp3) is 0.211. The molecule has 0 unspecified atom stereocenters. The Balaban J connectivity index is 1.53. The highest BCUT2D eigenvalue weighted by atomic mass is 35.5. The fourth-order valence-electron chi connectivity index (χ4n) is 3.02. The van der Waals surface area contributed by atoms with Gasteiger partial charge in [0, 0.05) is 28.9 Å². The first-order chi connectivity index (χ1) is 13.9. The second-order valence-electron chi connectivity index (χ2n) is 6.38. The van der Waals surface area contributed by atoms with E-state index >= 15 is 0 Å². The first-order valence-corrected chi connectivity index (χ1v) is 11.4. The molecule has 4 rings (SSSR count). The number of rotatable bonds is 4. The average molecular weight is 455 g/mol. The monoisotopic (exact) mass is 454 g/mol. The lowest BCUT2D eigenvalue weighted by Gasteiger charge is -2.26. The van der Waals surface area contributed by atoms with Crippen molar-refractivity contribution < 1.29 is 22.3 Å². The standard InChI is InChI=1S/C19H16ClFN2O4S2/c20-17-15-6-1-12(21)11-16(15)28-18(17)19(24)22-13-2-4-14(5-3-13)29(25,26)23-7-9-27-10-8-23/h1-6,11H,7-10H2,(H,22,24). The Labute approximate surface area is 175 Å². The molecule has 1 aliphatic heterocycles. The van der Waals surface area contributed by atoms with Crippen molar-refractivity contribution in [3.8, 4) is 0 Å². The summed E-state index contributed by atoms with van der Waals surface area (Å²) in [6.07, 6.45) is 0. The van der Waals surface area contributed by atoms with Crippen molar-refractivity contribution in [3.05, 3.63) is 58.2 Å². The number of anilines is 1. The highest BCUT2D eigenvalue weighted by Crippen LogP contribution is 2.36. The Morgan fingerprint density at radius 1 is 1.14 bits per heavy atom. The molecule has 0 atom stereocenters. The maximum absolute atomic E-state index is 13.4. The molecule has 2 heterocycles. The van der Waals surface area contributed by atoms with Gasteiger partial charge >= 0.3 is 0 Å². The second kappa shape index (κ2) is 8.00. The highest BCUT2D eigenvalue weighted by molar-refractivity contribution is 7.89. The number of carbonyl (C=O) groups is 1. The molecule has 1 N–H and O–H groups in total. The van der Waals surface area contributed by atoms with E-state index in [1.54, 1.807) is 0 Å². The summed E-state index contributed by atoms with van der Waals surface area (Å²) in [6.45, 7) is 1.36. The van der Waals surface area contributed by atoms with Crippen LogP contribution in [-0.4, -0.2) is 44.9 Å². The molecule has 0 radical (unpaired) electrons. The topological polar surface area (TPSA) is 75.7 Å². The van der Waals surface area contributed by atoms with E-state index in [0.29, 0.717) is 42.1 Å². The lowest BCUT2D eigenvalue weighted by molar-refractivity contribution is 0.0730. The summed E-state index contributed by atoms with van der Waals surface area (Å²) in [5.74, 6) is -0.847. The van der Waals surface area contributed by atoms with Gasteiger partial charge in [0.05, 0.1) is 23.1 Å². The van der Waals surface area contributed by atoms with Crippen LogP contribution < -0.4 is 5.32 Å².